The Balaban J connectivity index is 1.76. The van der Waals surface area contributed by atoms with Crippen molar-refractivity contribution < 1.29 is 0 Å². The van der Waals surface area contributed by atoms with E-state index in [-0.39, 0.29) is 0 Å². The SMILES string of the molecule is Cc1cc(CNCCc2cccc(N)c2)sc1C. The normalized spacial score (nSPS) is 10.8. The van der Waals surface area contributed by atoms with Gasteiger partial charge in [-0.25, -0.2) is 0 Å². The minimum atomic E-state index is 0.844. The molecule has 0 aliphatic rings. The van der Waals surface area contributed by atoms with E-state index in [1.807, 2.05) is 29.5 Å². The quantitative estimate of drug-likeness (QED) is 0.639. The molecule has 0 unspecified atom stereocenters. The lowest BCUT2D eigenvalue weighted by Gasteiger charge is -2.04. The first-order valence-corrected chi connectivity index (χ1v) is 7.08. The summed E-state index contributed by atoms with van der Waals surface area (Å²) in [4.78, 5) is 2.83. The molecule has 96 valence electrons. The summed E-state index contributed by atoms with van der Waals surface area (Å²) in [5, 5.41) is 3.48. The van der Waals surface area contributed by atoms with Crippen LogP contribution < -0.4 is 11.1 Å². The molecule has 0 fully saturated rings. The molecule has 2 aromatic rings. The standard InChI is InChI=1S/C15H20N2S/c1-11-8-15(18-12(11)2)10-17-7-6-13-4-3-5-14(16)9-13/h3-5,8-9,17H,6-7,10,16H2,1-2H3. The fourth-order valence-electron chi connectivity index (χ4n) is 1.93. The second-order valence-corrected chi connectivity index (χ2v) is 5.96. The predicted molar refractivity (Wildman–Crippen MR) is 80.1 cm³/mol. The van der Waals surface area contributed by atoms with E-state index in [0.29, 0.717) is 0 Å². The maximum Gasteiger partial charge on any atom is 0.0316 e. The Morgan fingerprint density at radius 3 is 2.72 bits per heavy atom. The van der Waals surface area contributed by atoms with E-state index in [0.717, 1.165) is 25.2 Å². The molecule has 0 amide bonds. The zero-order valence-electron chi connectivity index (χ0n) is 11.0. The van der Waals surface area contributed by atoms with Crippen LogP contribution in [0.5, 0.6) is 0 Å². The summed E-state index contributed by atoms with van der Waals surface area (Å²) in [5.74, 6) is 0. The van der Waals surface area contributed by atoms with Crippen LogP contribution in [-0.4, -0.2) is 6.54 Å². The van der Waals surface area contributed by atoms with E-state index in [1.165, 1.54) is 20.9 Å². The number of thiophene rings is 1. The topological polar surface area (TPSA) is 38.0 Å². The van der Waals surface area contributed by atoms with Crippen LogP contribution in [0.4, 0.5) is 5.69 Å². The van der Waals surface area contributed by atoms with Crippen LogP contribution >= 0.6 is 11.3 Å². The molecule has 18 heavy (non-hydrogen) atoms. The predicted octanol–water partition coefficient (Wildman–Crippen LogP) is 3.28. The zero-order valence-corrected chi connectivity index (χ0v) is 11.8. The molecule has 0 aliphatic carbocycles. The van der Waals surface area contributed by atoms with Crippen molar-refractivity contribution in [2.75, 3.05) is 12.3 Å². The second kappa shape index (κ2) is 6.03. The molecule has 0 saturated heterocycles. The average molecular weight is 260 g/mol. The molecule has 0 radical (unpaired) electrons. The minimum Gasteiger partial charge on any atom is -0.399 e. The number of hydrogen-bond acceptors (Lipinski definition) is 3. The number of nitrogens with two attached hydrogens (primary N) is 1. The highest BCUT2D eigenvalue weighted by Gasteiger charge is 2.01. The summed E-state index contributed by atoms with van der Waals surface area (Å²) in [6, 6.07) is 10.4. The van der Waals surface area contributed by atoms with E-state index in [1.54, 1.807) is 0 Å². The second-order valence-electron chi connectivity index (χ2n) is 4.62. The number of aryl methyl sites for hydroxylation is 2. The number of nitrogen functional groups attached to an aromatic ring is 1. The van der Waals surface area contributed by atoms with Crippen molar-refractivity contribution >= 4 is 17.0 Å². The maximum atomic E-state index is 5.75. The average Bonchev–Trinajstić information content (AvgIpc) is 2.65. The van der Waals surface area contributed by atoms with Crippen LogP contribution in [0.25, 0.3) is 0 Å². The van der Waals surface area contributed by atoms with Gasteiger partial charge in [-0.15, -0.1) is 11.3 Å². The van der Waals surface area contributed by atoms with Gasteiger partial charge in [0.2, 0.25) is 0 Å². The van der Waals surface area contributed by atoms with Crippen LogP contribution in [0, 0.1) is 13.8 Å². The van der Waals surface area contributed by atoms with Crippen LogP contribution in [-0.2, 0) is 13.0 Å². The summed E-state index contributed by atoms with van der Waals surface area (Å²) in [6.45, 7) is 6.29. The molecule has 2 rings (SSSR count). The molecule has 0 saturated carbocycles. The van der Waals surface area contributed by atoms with Gasteiger partial charge in [0.05, 0.1) is 0 Å². The molecule has 1 aromatic heterocycles. The lowest BCUT2D eigenvalue weighted by Crippen LogP contribution is -2.15. The summed E-state index contributed by atoms with van der Waals surface area (Å²) in [6.07, 6.45) is 1.02. The van der Waals surface area contributed by atoms with E-state index in [2.05, 4.69) is 31.3 Å². The van der Waals surface area contributed by atoms with E-state index >= 15 is 0 Å². The zero-order chi connectivity index (χ0) is 13.0. The smallest absolute Gasteiger partial charge is 0.0316 e. The highest BCUT2D eigenvalue weighted by Crippen LogP contribution is 2.20. The van der Waals surface area contributed by atoms with Crippen molar-refractivity contribution in [2.24, 2.45) is 0 Å². The number of hydrogen-bond donors (Lipinski definition) is 2. The third kappa shape index (κ3) is 3.59. The van der Waals surface area contributed by atoms with Crippen molar-refractivity contribution in [1.82, 2.24) is 5.32 Å². The fourth-order valence-corrected chi connectivity index (χ4v) is 2.95. The Kier molecular flexibility index (Phi) is 4.39. The Morgan fingerprint density at radius 2 is 2.06 bits per heavy atom. The molecule has 3 N–H and O–H groups in total. The first-order chi connectivity index (χ1) is 8.65. The molecule has 0 bridgehead atoms. The van der Waals surface area contributed by atoms with Gasteiger partial charge in [-0.1, -0.05) is 12.1 Å². The molecule has 1 heterocycles. The summed E-state index contributed by atoms with van der Waals surface area (Å²) in [5.41, 5.74) is 9.29. The van der Waals surface area contributed by atoms with Gasteiger partial charge in [-0.2, -0.15) is 0 Å². The first kappa shape index (κ1) is 13.1. The maximum absolute atomic E-state index is 5.75. The van der Waals surface area contributed by atoms with Crippen LogP contribution in [0.1, 0.15) is 20.9 Å². The van der Waals surface area contributed by atoms with Crippen LogP contribution in [0.15, 0.2) is 30.3 Å². The molecular weight excluding hydrogens is 240 g/mol. The van der Waals surface area contributed by atoms with Gasteiger partial charge in [-0.3, -0.25) is 0 Å². The van der Waals surface area contributed by atoms with Gasteiger partial charge in [0.25, 0.3) is 0 Å². The third-order valence-corrected chi connectivity index (χ3v) is 4.21. The minimum absolute atomic E-state index is 0.844. The molecule has 0 spiro atoms. The first-order valence-electron chi connectivity index (χ1n) is 6.26. The molecule has 0 aliphatic heterocycles. The van der Waals surface area contributed by atoms with Gasteiger partial charge in [0, 0.05) is 22.0 Å². The van der Waals surface area contributed by atoms with Gasteiger partial charge in [0.1, 0.15) is 0 Å². The molecule has 1 aromatic carbocycles. The molecular formula is C15H20N2S. The van der Waals surface area contributed by atoms with Crippen LogP contribution in [0.3, 0.4) is 0 Å². The molecule has 2 nitrogen and oxygen atoms in total. The highest BCUT2D eigenvalue weighted by atomic mass is 32.1. The van der Waals surface area contributed by atoms with Crippen molar-refractivity contribution in [3.05, 3.63) is 51.2 Å². The van der Waals surface area contributed by atoms with Crippen molar-refractivity contribution in [1.29, 1.82) is 0 Å². The Morgan fingerprint density at radius 1 is 1.22 bits per heavy atom. The van der Waals surface area contributed by atoms with Crippen molar-refractivity contribution in [3.63, 3.8) is 0 Å². The lowest BCUT2D eigenvalue weighted by molar-refractivity contribution is 0.693. The summed E-state index contributed by atoms with van der Waals surface area (Å²) < 4.78 is 0. The Bertz CT molecular complexity index is 497. The van der Waals surface area contributed by atoms with Crippen LogP contribution in [0.2, 0.25) is 0 Å². The highest BCUT2D eigenvalue weighted by molar-refractivity contribution is 7.12. The number of nitrogens with one attached hydrogen (secondary N) is 1. The van der Waals surface area contributed by atoms with Crippen molar-refractivity contribution in [3.8, 4) is 0 Å². The fraction of sp³-hybridized carbons (Fsp3) is 0.333. The van der Waals surface area contributed by atoms with Crippen molar-refractivity contribution in [2.45, 2.75) is 26.8 Å². The van der Waals surface area contributed by atoms with Gasteiger partial charge in [0.15, 0.2) is 0 Å². The molecule has 0 atom stereocenters. The van der Waals surface area contributed by atoms with E-state index in [4.69, 9.17) is 5.73 Å². The largest absolute Gasteiger partial charge is 0.399 e. The Hall–Kier alpha value is -1.32. The lowest BCUT2D eigenvalue weighted by atomic mass is 10.1. The van der Waals surface area contributed by atoms with E-state index < -0.39 is 0 Å². The summed E-state index contributed by atoms with van der Waals surface area (Å²) >= 11 is 1.88. The number of anilines is 1. The summed E-state index contributed by atoms with van der Waals surface area (Å²) in [7, 11) is 0. The van der Waals surface area contributed by atoms with Gasteiger partial charge in [-0.05, 0) is 56.1 Å². The molecule has 3 heteroatoms. The van der Waals surface area contributed by atoms with Gasteiger partial charge < -0.3 is 11.1 Å². The van der Waals surface area contributed by atoms with Gasteiger partial charge >= 0.3 is 0 Å². The third-order valence-electron chi connectivity index (χ3n) is 3.06. The number of benzene rings is 1. The Labute approximate surface area is 113 Å². The number of rotatable bonds is 5. The monoisotopic (exact) mass is 260 g/mol. The van der Waals surface area contributed by atoms with E-state index in [9.17, 15) is 0 Å².